The largest absolute Gasteiger partial charge is 0.291 e. The summed E-state index contributed by atoms with van der Waals surface area (Å²) in [7, 11) is -0.589. The maximum atomic E-state index is 11.0. The topological polar surface area (TPSA) is 57.6 Å². The van der Waals surface area contributed by atoms with E-state index in [2.05, 4.69) is 6.92 Å². The molecule has 0 aromatic carbocycles. The van der Waals surface area contributed by atoms with Gasteiger partial charge in [0.05, 0.1) is 0 Å². The molecule has 0 aromatic rings. The van der Waals surface area contributed by atoms with Gasteiger partial charge in [0.1, 0.15) is 5.37 Å². The maximum absolute atomic E-state index is 11.0. The standard InChI is InChI=1S/C10H23NO3S/c1-4-5-6-7-8-9-10(11(2)3)15(12,13)14/h10H,4-9H2,1-3H3,(H,12,13,14). The molecule has 15 heavy (non-hydrogen) atoms. The Hall–Kier alpha value is -0.130. The van der Waals surface area contributed by atoms with Crippen LogP contribution < -0.4 is 0 Å². The van der Waals surface area contributed by atoms with Crippen LogP contribution >= 0.6 is 0 Å². The lowest BCUT2D eigenvalue weighted by molar-refractivity contribution is 0.317. The number of unbranched alkanes of at least 4 members (excludes halogenated alkanes) is 4. The van der Waals surface area contributed by atoms with E-state index in [0.29, 0.717) is 6.42 Å². The average Bonchev–Trinajstić information content (AvgIpc) is 2.08. The van der Waals surface area contributed by atoms with Gasteiger partial charge in [-0.1, -0.05) is 39.0 Å². The normalized spacial score (nSPS) is 14.5. The first-order chi connectivity index (χ1) is 6.89. The van der Waals surface area contributed by atoms with E-state index in [1.165, 1.54) is 12.8 Å². The molecule has 0 saturated carbocycles. The average molecular weight is 237 g/mol. The summed E-state index contributed by atoms with van der Waals surface area (Å²) in [4.78, 5) is 1.55. The first-order valence-corrected chi connectivity index (χ1v) is 7.02. The molecule has 0 saturated heterocycles. The number of hydrogen-bond acceptors (Lipinski definition) is 3. The van der Waals surface area contributed by atoms with E-state index < -0.39 is 15.5 Å². The summed E-state index contributed by atoms with van der Waals surface area (Å²) < 4.78 is 31.0. The van der Waals surface area contributed by atoms with E-state index in [-0.39, 0.29) is 0 Å². The molecule has 0 heterocycles. The fourth-order valence-electron chi connectivity index (χ4n) is 1.60. The summed E-state index contributed by atoms with van der Waals surface area (Å²) in [6, 6.07) is 0. The SMILES string of the molecule is CCCCCCCC(N(C)C)S(=O)(=O)O. The summed E-state index contributed by atoms with van der Waals surface area (Å²) in [5.41, 5.74) is 0. The molecule has 5 heteroatoms. The minimum Gasteiger partial charge on any atom is -0.291 e. The number of rotatable bonds is 8. The second kappa shape index (κ2) is 7.19. The van der Waals surface area contributed by atoms with Crippen LogP contribution in [0.5, 0.6) is 0 Å². The minimum atomic E-state index is -3.93. The van der Waals surface area contributed by atoms with Crippen molar-refractivity contribution in [2.75, 3.05) is 14.1 Å². The van der Waals surface area contributed by atoms with Crippen LogP contribution in [0.4, 0.5) is 0 Å². The van der Waals surface area contributed by atoms with Gasteiger partial charge >= 0.3 is 0 Å². The molecule has 0 bridgehead atoms. The summed E-state index contributed by atoms with van der Waals surface area (Å²) in [5, 5.41) is -0.751. The molecule has 0 amide bonds. The first kappa shape index (κ1) is 14.9. The van der Waals surface area contributed by atoms with Crippen LogP contribution in [0.15, 0.2) is 0 Å². The lowest BCUT2D eigenvalue weighted by Crippen LogP contribution is -2.35. The summed E-state index contributed by atoms with van der Waals surface area (Å²) >= 11 is 0. The van der Waals surface area contributed by atoms with Crippen LogP contribution in [0.2, 0.25) is 0 Å². The minimum absolute atomic E-state index is 0.509. The third-order valence-corrected chi connectivity index (χ3v) is 3.82. The Morgan fingerprint density at radius 3 is 2.07 bits per heavy atom. The highest BCUT2D eigenvalue weighted by molar-refractivity contribution is 7.86. The molecule has 1 unspecified atom stereocenters. The third kappa shape index (κ3) is 6.87. The number of nitrogens with zero attached hydrogens (tertiary/aromatic N) is 1. The lowest BCUT2D eigenvalue weighted by atomic mass is 10.1. The molecule has 0 aromatic heterocycles. The van der Waals surface area contributed by atoms with E-state index in [1.54, 1.807) is 19.0 Å². The Morgan fingerprint density at radius 2 is 1.67 bits per heavy atom. The van der Waals surface area contributed by atoms with Gasteiger partial charge in [-0.2, -0.15) is 8.42 Å². The van der Waals surface area contributed by atoms with Gasteiger partial charge in [-0.25, -0.2) is 0 Å². The Morgan fingerprint density at radius 1 is 1.13 bits per heavy atom. The van der Waals surface area contributed by atoms with E-state index >= 15 is 0 Å². The summed E-state index contributed by atoms with van der Waals surface area (Å²) in [6.45, 7) is 2.14. The fraction of sp³-hybridized carbons (Fsp3) is 1.00. The second-order valence-electron chi connectivity index (χ2n) is 4.14. The molecule has 1 N–H and O–H groups in total. The zero-order valence-corrected chi connectivity index (χ0v) is 10.8. The van der Waals surface area contributed by atoms with Crippen molar-refractivity contribution in [3.05, 3.63) is 0 Å². The zero-order valence-electron chi connectivity index (χ0n) is 9.94. The van der Waals surface area contributed by atoms with E-state index in [9.17, 15) is 8.42 Å². The molecule has 92 valence electrons. The predicted molar refractivity (Wildman–Crippen MR) is 62.4 cm³/mol. The Balaban J connectivity index is 3.89. The van der Waals surface area contributed by atoms with Gasteiger partial charge in [0.2, 0.25) is 0 Å². The van der Waals surface area contributed by atoms with E-state index in [1.807, 2.05) is 0 Å². The summed E-state index contributed by atoms with van der Waals surface area (Å²) in [5.74, 6) is 0. The first-order valence-electron chi connectivity index (χ1n) is 5.52. The predicted octanol–water partition coefficient (Wildman–Crippen LogP) is 2.12. The molecular weight excluding hydrogens is 214 g/mol. The molecule has 0 aliphatic heterocycles. The van der Waals surface area contributed by atoms with Crippen molar-refractivity contribution < 1.29 is 13.0 Å². The molecule has 0 rings (SSSR count). The Bertz CT molecular complexity index is 249. The molecule has 0 fully saturated rings. The van der Waals surface area contributed by atoms with Crippen molar-refractivity contribution in [3.63, 3.8) is 0 Å². The molecule has 0 aliphatic rings. The fourth-order valence-corrected chi connectivity index (χ4v) is 2.59. The van der Waals surface area contributed by atoms with Gasteiger partial charge in [0, 0.05) is 0 Å². The van der Waals surface area contributed by atoms with Crippen LogP contribution in [0.3, 0.4) is 0 Å². The smallest absolute Gasteiger partial charge is 0.281 e. The van der Waals surface area contributed by atoms with Crippen LogP contribution in [0, 0.1) is 0 Å². The lowest BCUT2D eigenvalue weighted by Gasteiger charge is -2.20. The van der Waals surface area contributed by atoms with Crippen molar-refractivity contribution in [1.29, 1.82) is 0 Å². The third-order valence-electron chi connectivity index (χ3n) is 2.47. The van der Waals surface area contributed by atoms with E-state index in [4.69, 9.17) is 4.55 Å². The molecule has 0 aliphatic carbocycles. The van der Waals surface area contributed by atoms with Gasteiger partial charge in [-0.3, -0.25) is 9.45 Å². The van der Waals surface area contributed by atoms with Gasteiger partial charge in [0.15, 0.2) is 0 Å². The van der Waals surface area contributed by atoms with Gasteiger partial charge in [-0.05, 0) is 20.5 Å². The van der Waals surface area contributed by atoms with Crippen LogP contribution in [-0.2, 0) is 10.1 Å². The van der Waals surface area contributed by atoms with Crippen LogP contribution in [-0.4, -0.2) is 37.3 Å². The van der Waals surface area contributed by atoms with Crippen LogP contribution in [0.1, 0.15) is 45.4 Å². The van der Waals surface area contributed by atoms with Crippen molar-refractivity contribution >= 4 is 10.1 Å². The number of hydrogen-bond donors (Lipinski definition) is 1. The monoisotopic (exact) mass is 237 g/mol. The van der Waals surface area contributed by atoms with Gasteiger partial charge in [-0.15, -0.1) is 0 Å². The molecule has 0 radical (unpaired) electrons. The molecule has 4 nitrogen and oxygen atoms in total. The zero-order chi connectivity index (χ0) is 11.9. The van der Waals surface area contributed by atoms with Crippen molar-refractivity contribution in [1.82, 2.24) is 4.90 Å². The molecular formula is C10H23NO3S. The second-order valence-corrected chi connectivity index (χ2v) is 5.71. The van der Waals surface area contributed by atoms with Gasteiger partial charge in [0.25, 0.3) is 10.1 Å². The van der Waals surface area contributed by atoms with Crippen molar-refractivity contribution in [2.24, 2.45) is 0 Å². The van der Waals surface area contributed by atoms with Crippen molar-refractivity contribution in [3.8, 4) is 0 Å². The van der Waals surface area contributed by atoms with Gasteiger partial charge < -0.3 is 0 Å². The Labute approximate surface area is 93.4 Å². The highest BCUT2D eigenvalue weighted by Crippen LogP contribution is 2.13. The highest BCUT2D eigenvalue weighted by Gasteiger charge is 2.24. The molecule has 0 spiro atoms. The van der Waals surface area contributed by atoms with E-state index in [0.717, 1.165) is 19.3 Å². The Kier molecular flexibility index (Phi) is 7.13. The summed E-state index contributed by atoms with van der Waals surface area (Å²) in [6.07, 6.45) is 5.90. The highest BCUT2D eigenvalue weighted by atomic mass is 32.2. The molecule has 1 atom stereocenters. The van der Waals surface area contributed by atoms with Crippen molar-refractivity contribution in [2.45, 2.75) is 50.8 Å². The van der Waals surface area contributed by atoms with Crippen LogP contribution in [0.25, 0.3) is 0 Å². The maximum Gasteiger partial charge on any atom is 0.281 e. The quantitative estimate of drug-likeness (QED) is 0.519.